The summed E-state index contributed by atoms with van der Waals surface area (Å²) >= 11 is 0. The van der Waals surface area contributed by atoms with Crippen molar-refractivity contribution in [3.05, 3.63) is 36.5 Å². The number of carbonyl (C=O) groups is 1. The number of hydrogen-bond acceptors (Lipinski definition) is 2. The summed E-state index contributed by atoms with van der Waals surface area (Å²) in [7, 11) is 1.63. The van der Waals surface area contributed by atoms with Crippen molar-refractivity contribution in [2.24, 2.45) is 0 Å². The minimum atomic E-state index is -0.847. The van der Waals surface area contributed by atoms with Crippen molar-refractivity contribution >= 4 is 5.97 Å². The normalized spacial score (nSPS) is 14.3. The molecule has 0 aliphatic heterocycles. The van der Waals surface area contributed by atoms with E-state index < -0.39 is 12.0 Å². The van der Waals surface area contributed by atoms with Gasteiger partial charge in [0.1, 0.15) is 6.04 Å². The van der Waals surface area contributed by atoms with E-state index in [9.17, 15) is 4.79 Å². The first-order valence-corrected chi connectivity index (χ1v) is 4.50. The molecule has 0 radical (unpaired) electrons. The first-order chi connectivity index (χ1) is 6.65. The monoisotopic (exact) mass is 195 g/mol. The minimum Gasteiger partial charge on any atom is -0.480 e. The maximum absolute atomic E-state index is 10.7. The van der Waals surface area contributed by atoms with Gasteiger partial charge in [0.2, 0.25) is 0 Å². The lowest BCUT2D eigenvalue weighted by molar-refractivity contribution is -0.139. The van der Waals surface area contributed by atoms with Crippen LogP contribution >= 0.6 is 0 Å². The predicted octanol–water partition coefficient (Wildman–Crippen LogP) is 1.74. The molecule has 78 valence electrons. The zero-order valence-corrected chi connectivity index (χ0v) is 8.66. The van der Waals surface area contributed by atoms with Gasteiger partial charge in [-0.3, -0.25) is 4.79 Å². The van der Waals surface area contributed by atoms with Crippen LogP contribution in [-0.4, -0.2) is 24.2 Å². The summed E-state index contributed by atoms with van der Waals surface area (Å²) in [5, 5.41) is 11.5. The van der Waals surface area contributed by atoms with Gasteiger partial charge in [0.15, 0.2) is 0 Å². The van der Waals surface area contributed by atoms with Crippen LogP contribution in [-0.2, 0) is 4.79 Å². The molecule has 1 atom stereocenters. The first kappa shape index (κ1) is 12.7. The average Bonchev–Trinajstić information content (AvgIpc) is 2.18. The standard InChI is InChI=1S/C11H17NO2/c1-4-6-7-9(5-2)8-10(12-3)11(13)14/h4-7,10,12H,2,8H2,1,3H3,(H,13,14)/b6-4-,9-7+. The zero-order valence-electron chi connectivity index (χ0n) is 8.66. The highest BCUT2D eigenvalue weighted by molar-refractivity contribution is 5.74. The molecule has 0 aromatic heterocycles. The molecule has 0 aromatic rings. The van der Waals surface area contributed by atoms with Crippen LogP contribution in [0.5, 0.6) is 0 Å². The maximum Gasteiger partial charge on any atom is 0.321 e. The topological polar surface area (TPSA) is 49.3 Å². The number of likely N-dealkylation sites (N-methyl/N-ethyl adjacent to an activating group) is 1. The van der Waals surface area contributed by atoms with E-state index in [1.807, 2.05) is 25.2 Å². The Hall–Kier alpha value is -1.35. The molecule has 0 bridgehead atoms. The van der Waals surface area contributed by atoms with Gasteiger partial charge in [0.05, 0.1) is 0 Å². The lowest BCUT2D eigenvalue weighted by Crippen LogP contribution is -2.33. The summed E-state index contributed by atoms with van der Waals surface area (Å²) in [6, 6.07) is -0.551. The molecule has 14 heavy (non-hydrogen) atoms. The van der Waals surface area contributed by atoms with Gasteiger partial charge >= 0.3 is 5.97 Å². The van der Waals surface area contributed by atoms with Crippen molar-refractivity contribution in [1.82, 2.24) is 5.32 Å². The molecule has 3 nitrogen and oxygen atoms in total. The second-order valence-electron chi connectivity index (χ2n) is 2.86. The number of hydrogen-bond donors (Lipinski definition) is 2. The molecule has 0 amide bonds. The SMILES string of the molecule is C=C/C(=C\C=C/C)CC(NC)C(=O)O. The quantitative estimate of drug-likeness (QED) is 0.635. The van der Waals surface area contributed by atoms with Crippen LogP contribution in [0.1, 0.15) is 13.3 Å². The lowest BCUT2D eigenvalue weighted by Gasteiger charge is -2.10. The predicted molar refractivity (Wildman–Crippen MR) is 58.2 cm³/mol. The molecule has 0 aliphatic carbocycles. The maximum atomic E-state index is 10.7. The van der Waals surface area contributed by atoms with Gasteiger partial charge < -0.3 is 10.4 Å². The molecule has 3 heteroatoms. The third-order valence-corrected chi connectivity index (χ3v) is 1.85. The van der Waals surface area contributed by atoms with Crippen LogP contribution in [0, 0.1) is 0 Å². The fraction of sp³-hybridized carbons (Fsp3) is 0.364. The van der Waals surface area contributed by atoms with Crippen molar-refractivity contribution < 1.29 is 9.90 Å². The van der Waals surface area contributed by atoms with Gasteiger partial charge in [-0.05, 0) is 26.0 Å². The van der Waals surface area contributed by atoms with Gasteiger partial charge in [-0.25, -0.2) is 0 Å². The summed E-state index contributed by atoms with van der Waals surface area (Å²) in [5.74, 6) is -0.847. The first-order valence-electron chi connectivity index (χ1n) is 4.50. The molecular formula is C11H17NO2. The number of carboxylic acids is 1. The van der Waals surface area contributed by atoms with Gasteiger partial charge in [-0.15, -0.1) is 0 Å². The van der Waals surface area contributed by atoms with Crippen LogP contribution in [0.3, 0.4) is 0 Å². The summed E-state index contributed by atoms with van der Waals surface area (Å²) < 4.78 is 0. The Morgan fingerprint density at radius 2 is 2.29 bits per heavy atom. The number of carboxylic acid groups (broad SMARTS) is 1. The van der Waals surface area contributed by atoms with Crippen LogP contribution in [0.15, 0.2) is 36.5 Å². The minimum absolute atomic E-state index is 0.444. The summed E-state index contributed by atoms with van der Waals surface area (Å²) in [6.45, 7) is 5.54. The fourth-order valence-electron chi connectivity index (χ4n) is 0.988. The Bertz CT molecular complexity index is 254. The molecule has 0 spiro atoms. The van der Waals surface area contributed by atoms with Crippen molar-refractivity contribution in [2.75, 3.05) is 7.05 Å². The summed E-state index contributed by atoms with van der Waals surface area (Å²) in [4.78, 5) is 10.7. The Kier molecular flexibility index (Phi) is 6.41. The third kappa shape index (κ3) is 4.62. The van der Waals surface area contributed by atoms with Crippen LogP contribution in [0.4, 0.5) is 0 Å². The lowest BCUT2D eigenvalue weighted by atomic mass is 10.1. The molecule has 1 unspecified atom stereocenters. The molecule has 0 saturated heterocycles. The van der Waals surface area contributed by atoms with Crippen molar-refractivity contribution in [3.8, 4) is 0 Å². The second-order valence-corrected chi connectivity index (χ2v) is 2.86. The van der Waals surface area contributed by atoms with Crippen LogP contribution < -0.4 is 5.32 Å². The van der Waals surface area contributed by atoms with E-state index in [0.717, 1.165) is 5.57 Å². The van der Waals surface area contributed by atoms with E-state index in [-0.39, 0.29) is 0 Å². The summed E-state index contributed by atoms with van der Waals surface area (Å²) in [6.07, 6.45) is 7.73. The van der Waals surface area contributed by atoms with Crippen molar-refractivity contribution in [3.63, 3.8) is 0 Å². The molecule has 0 heterocycles. The molecule has 0 aliphatic rings. The largest absolute Gasteiger partial charge is 0.480 e. The van der Waals surface area contributed by atoms with Gasteiger partial charge in [0, 0.05) is 0 Å². The van der Waals surface area contributed by atoms with Gasteiger partial charge in [0.25, 0.3) is 0 Å². The highest BCUT2D eigenvalue weighted by Crippen LogP contribution is 2.07. The van der Waals surface area contributed by atoms with Crippen molar-refractivity contribution in [1.29, 1.82) is 0 Å². The van der Waals surface area contributed by atoms with E-state index in [1.54, 1.807) is 13.1 Å². The highest BCUT2D eigenvalue weighted by atomic mass is 16.4. The molecule has 0 aromatic carbocycles. The Balaban J connectivity index is 4.43. The fourth-order valence-corrected chi connectivity index (χ4v) is 0.988. The number of rotatable bonds is 6. The zero-order chi connectivity index (χ0) is 11.0. The Labute approximate surface area is 84.8 Å². The second kappa shape index (κ2) is 7.09. The molecule has 2 N–H and O–H groups in total. The molecule has 0 rings (SSSR count). The van der Waals surface area contributed by atoms with Crippen molar-refractivity contribution in [2.45, 2.75) is 19.4 Å². The molecule has 0 saturated carbocycles. The molecule has 0 fully saturated rings. The average molecular weight is 195 g/mol. The number of nitrogens with one attached hydrogen (secondary N) is 1. The Morgan fingerprint density at radius 1 is 1.64 bits per heavy atom. The van der Waals surface area contributed by atoms with E-state index in [0.29, 0.717) is 6.42 Å². The highest BCUT2D eigenvalue weighted by Gasteiger charge is 2.14. The summed E-state index contributed by atoms with van der Waals surface area (Å²) in [5.41, 5.74) is 0.907. The molecular weight excluding hydrogens is 178 g/mol. The third-order valence-electron chi connectivity index (χ3n) is 1.85. The van der Waals surface area contributed by atoms with E-state index >= 15 is 0 Å². The van der Waals surface area contributed by atoms with E-state index in [2.05, 4.69) is 11.9 Å². The number of allylic oxidation sites excluding steroid dienone is 4. The smallest absolute Gasteiger partial charge is 0.321 e. The van der Waals surface area contributed by atoms with Crippen LogP contribution in [0.2, 0.25) is 0 Å². The van der Waals surface area contributed by atoms with E-state index in [1.165, 1.54) is 0 Å². The van der Waals surface area contributed by atoms with Gasteiger partial charge in [-0.1, -0.05) is 30.9 Å². The van der Waals surface area contributed by atoms with Gasteiger partial charge in [-0.2, -0.15) is 0 Å². The Morgan fingerprint density at radius 3 is 2.64 bits per heavy atom. The number of aliphatic carboxylic acids is 1. The van der Waals surface area contributed by atoms with Crippen LogP contribution in [0.25, 0.3) is 0 Å². The van der Waals surface area contributed by atoms with E-state index in [4.69, 9.17) is 5.11 Å².